The average molecular weight is 287 g/mol. The van der Waals surface area contributed by atoms with Gasteiger partial charge in [0.25, 0.3) is 0 Å². The SMILES string of the molecule is CCNS(=O)(=O)CCNc1nccc(C)c1C(=O)O. The van der Waals surface area contributed by atoms with Crippen LogP contribution in [0.15, 0.2) is 12.3 Å². The van der Waals surface area contributed by atoms with Gasteiger partial charge in [0, 0.05) is 19.3 Å². The standard InChI is InChI=1S/C11H17N3O4S/c1-3-14-19(17,18)7-6-13-10-9(11(15)16)8(2)4-5-12-10/h4-5,14H,3,6-7H2,1-2H3,(H,12,13)(H,15,16). The molecule has 19 heavy (non-hydrogen) atoms. The molecular weight excluding hydrogens is 270 g/mol. The van der Waals surface area contributed by atoms with Gasteiger partial charge in [0.2, 0.25) is 10.0 Å². The number of rotatable bonds is 7. The van der Waals surface area contributed by atoms with Crippen molar-refractivity contribution in [3.05, 3.63) is 23.4 Å². The largest absolute Gasteiger partial charge is 0.478 e. The van der Waals surface area contributed by atoms with Crippen LogP contribution >= 0.6 is 0 Å². The highest BCUT2D eigenvalue weighted by Crippen LogP contribution is 2.16. The van der Waals surface area contributed by atoms with Crippen molar-refractivity contribution in [2.75, 3.05) is 24.2 Å². The zero-order chi connectivity index (χ0) is 14.5. The topological polar surface area (TPSA) is 108 Å². The first-order valence-electron chi connectivity index (χ1n) is 5.77. The zero-order valence-electron chi connectivity index (χ0n) is 10.8. The van der Waals surface area contributed by atoms with Crippen LogP contribution in [-0.2, 0) is 10.0 Å². The van der Waals surface area contributed by atoms with Crippen molar-refractivity contribution < 1.29 is 18.3 Å². The van der Waals surface area contributed by atoms with E-state index in [-0.39, 0.29) is 23.7 Å². The lowest BCUT2D eigenvalue weighted by Crippen LogP contribution is -2.29. The van der Waals surface area contributed by atoms with Crippen molar-refractivity contribution in [1.29, 1.82) is 0 Å². The van der Waals surface area contributed by atoms with Gasteiger partial charge in [0.15, 0.2) is 0 Å². The summed E-state index contributed by atoms with van der Waals surface area (Å²) in [5.41, 5.74) is 0.628. The minimum Gasteiger partial charge on any atom is -0.478 e. The molecule has 3 N–H and O–H groups in total. The molecule has 0 aliphatic rings. The van der Waals surface area contributed by atoms with E-state index in [1.165, 1.54) is 6.20 Å². The van der Waals surface area contributed by atoms with E-state index >= 15 is 0 Å². The van der Waals surface area contributed by atoms with Crippen LogP contribution in [0.2, 0.25) is 0 Å². The Kier molecular flexibility index (Phi) is 5.25. The highest BCUT2D eigenvalue weighted by Gasteiger charge is 2.15. The van der Waals surface area contributed by atoms with Gasteiger partial charge in [-0.05, 0) is 18.6 Å². The fraction of sp³-hybridized carbons (Fsp3) is 0.455. The van der Waals surface area contributed by atoms with E-state index in [1.807, 2.05) is 0 Å². The quantitative estimate of drug-likeness (QED) is 0.671. The summed E-state index contributed by atoms with van der Waals surface area (Å²) < 4.78 is 25.2. The maximum atomic E-state index is 11.4. The van der Waals surface area contributed by atoms with Gasteiger partial charge in [0.05, 0.1) is 5.75 Å². The molecule has 1 heterocycles. The van der Waals surface area contributed by atoms with E-state index in [2.05, 4.69) is 15.0 Å². The van der Waals surface area contributed by atoms with Crippen molar-refractivity contribution >= 4 is 21.8 Å². The van der Waals surface area contributed by atoms with E-state index in [4.69, 9.17) is 5.11 Å². The molecule has 0 aliphatic carbocycles. The molecule has 0 amide bonds. The summed E-state index contributed by atoms with van der Waals surface area (Å²) in [6.45, 7) is 3.76. The molecule has 1 aromatic heterocycles. The van der Waals surface area contributed by atoms with Crippen LogP contribution in [-0.4, -0.2) is 43.3 Å². The number of aryl methyl sites for hydroxylation is 1. The van der Waals surface area contributed by atoms with Gasteiger partial charge in [-0.2, -0.15) is 0 Å². The van der Waals surface area contributed by atoms with E-state index in [1.54, 1.807) is 19.9 Å². The lowest BCUT2D eigenvalue weighted by molar-refractivity contribution is 0.0697. The molecule has 1 rings (SSSR count). The third kappa shape index (κ3) is 4.49. The molecule has 0 bridgehead atoms. The predicted octanol–water partition coefficient (Wildman–Crippen LogP) is 0.439. The summed E-state index contributed by atoms with van der Waals surface area (Å²) in [4.78, 5) is 15.0. The predicted molar refractivity (Wildman–Crippen MR) is 71.9 cm³/mol. The Bertz CT molecular complexity index is 557. The second-order valence-electron chi connectivity index (χ2n) is 3.90. The Labute approximate surface area is 112 Å². The first-order valence-corrected chi connectivity index (χ1v) is 7.42. The van der Waals surface area contributed by atoms with Gasteiger partial charge in [-0.3, -0.25) is 0 Å². The van der Waals surface area contributed by atoms with Gasteiger partial charge in [-0.1, -0.05) is 6.92 Å². The number of nitrogens with zero attached hydrogens (tertiary/aromatic N) is 1. The number of anilines is 1. The summed E-state index contributed by atoms with van der Waals surface area (Å²) >= 11 is 0. The van der Waals surface area contributed by atoms with E-state index in [0.29, 0.717) is 12.1 Å². The van der Waals surface area contributed by atoms with E-state index in [9.17, 15) is 13.2 Å². The minimum atomic E-state index is -3.33. The molecule has 0 unspecified atom stereocenters. The second-order valence-corrected chi connectivity index (χ2v) is 5.83. The number of hydrogen-bond acceptors (Lipinski definition) is 5. The summed E-state index contributed by atoms with van der Waals surface area (Å²) in [5, 5.41) is 11.8. The fourth-order valence-electron chi connectivity index (χ4n) is 1.56. The Hall–Kier alpha value is -1.67. The molecule has 0 aromatic carbocycles. The smallest absolute Gasteiger partial charge is 0.339 e. The molecule has 0 saturated carbocycles. The number of hydrogen-bond donors (Lipinski definition) is 3. The first kappa shape index (κ1) is 15.4. The summed E-state index contributed by atoms with van der Waals surface area (Å²) in [6.07, 6.45) is 1.48. The number of aromatic nitrogens is 1. The molecule has 0 spiro atoms. The van der Waals surface area contributed by atoms with Crippen LogP contribution in [0.1, 0.15) is 22.8 Å². The number of carbonyl (C=O) groups is 1. The summed E-state index contributed by atoms with van der Waals surface area (Å²) in [7, 11) is -3.33. The Balaban J connectivity index is 2.74. The van der Waals surface area contributed by atoms with Crippen LogP contribution in [0.4, 0.5) is 5.82 Å². The van der Waals surface area contributed by atoms with Crippen molar-refractivity contribution in [2.45, 2.75) is 13.8 Å². The molecule has 0 atom stereocenters. The first-order chi connectivity index (χ1) is 8.87. The summed E-state index contributed by atoms with van der Waals surface area (Å²) in [5.74, 6) is -1.06. The number of carboxylic acids is 1. The van der Waals surface area contributed by atoms with Crippen molar-refractivity contribution in [1.82, 2.24) is 9.71 Å². The van der Waals surface area contributed by atoms with Crippen LogP contribution in [0, 0.1) is 6.92 Å². The molecular formula is C11H17N3O4S. The average Bonchev–Trinajstić information content (AvgIpc) is 2.28. The van der Waals surface area contributed by atoms with Gasteiger partial charge >= 0.3 is 5.97 Å². The highest BCUT2D eigenvalue weighted by molar-refractivity contribution is 7.89. The summed E-state index contributed by atoms with van der Waals surface area (Å²) in [6, 6.07) is 1.59. The maximum Gasteiger partial charge on any atom is 0.339 e. The molecule has 7 nitrogen and oxygen atoms in total. The van der Waals surface area contributed by atoms with Crippen LogP contribution in [0.3, 0.4) is 0 Å². The third-order valence-corrected chi connectivity index (χ3v) is 3.87. The van der Waals surface area contributed by atoms with E-state index < -0.39 is 16.0 Å². The number of carboxylic acid groups (broad SMARTS) is 1. The number of sulfonamides is 1. The number of aromatic carboxylic acids is 1. The van der Waals surface area contributed by atoms with Crippen molar-refractivity contribution in [3.8, 4) is 0 Å². The lowest BCUT2D eigenvalue weighted by Gasteiger charge is -2.10. The second kappa shape index (κ2) is 6.48. The Morgan fingerprint density at radius 3 is 2.74 bits per heavy atom. The van der Waals surface area contributed by atoms with Crippen LogP contribution in [0.25, 0.3) is 0 Å². The van der Waals surface area contributed by atoms with Crippen molar-refractivity contribution in [2.24, 2.45) is 0 Å². The van der Waals surface area contributed by atoms with Crippen LogP contribution < -0.4 is 10.0 Å². The Morgan fingerprint density at radius 1 is 1.47 bits per heavy atom. The lowest BCUT2D eigenvalue weighted by atomic mass is 10.1. The molecule has 8 heteroatoms. The number of pyridine rings is 1. The maximum absolute atomic E-state index is 11.4. The zero-order valence-corrected chi connectivity index (χ0v) is 11.6. The van der Waals surface area contributed by atoms with Gasteiger partial charge in [0.1, 0.15) is 11.4 Å². The normalized spacial score (nSPS) is 11.3. The highest BCUT2D eigenvalue weighted by atomic mass is 32.2. The van der Waals surface area contributed by atoms with Gasteiger partial charge in [-0.25, -0.2) is 22.9 Å². The monoisotopic (exact) mass is 287 g/mol. The molecule has 106 valence electrons. The molecule has 0 aliphatic heterocycles. The van der Waals surface area contributed by atoms with Gasteiger partial charge < -0.3 is 10.4 Å². The molecule has 1 aromatic rings. The third-order valence-electron chi connectivity index (χ3n) is 2.40. The molecule has 0 radical (unpaired) electrons. The molecule has 0 saturated heterocycles. The van der Waals surface area contributed by atoms with E-state index in [0.717, 1.165) is 0 Å². The van der Waals surface area contributed by atoms with Crippen molar-refractivity contribution in [3.63, 3.8) is 0 Å². The fourth-order valence-corrected chi connectivity index (χ4v) is 2.51. The van der Waals surface area contributed by atoms with Gasteiger partial charge in [-0.15, -0.1) is 0 Å². The number of nitrogens with one attached hydrogen (secondary N) is 2. The molecule has 0 fully saturated rings. The minimum absolute atomic E-state index is 0.0587. The van der Waals surface area contributed by atoms with Crippen LogP contribution in [0.5, 0.6) is 0 Å². The Morgan fingerprint density at radius 2 is 2.16 bits per heavy atom.